The Balaban J connectivity index is 1.34. The first-order valence-corrected chi connectivity index (χ1v) is 10.9. The van der Waals surface area contributed by atoms with Crippen molar-refractivity contribution in [2.45, 2.75) is 12.8 Å². The number of nitrogens with one attached hydrogen (secondary N) is 1. The van der Waals surface area contributed by atoms with Gasteiger partial charge in [-0.05, 0) is 59.7 Å². The lowest BCUT2D eigenvalue weighted by molar-refractivity contribution is -0.117. The summed E-state index contributed by atoms with van der Waals surface area (Å²) in [7, 11) is 1.65. The van der Waals surface area contributed by atoms with Gasteiger partial charge in [0.15, 0.2) is 0 Å². The van der Waals surface area contributed by atoms with Crippen molar-refractivity contribution >= 4 is 22.4 Å². The number of carbonyl (C=O) groups is 1. The van der Waals surface area contributed by atoms with Crippen molar-refractivity contribution in [3.05, 3.63) is 96.6 Å². The number of benzene rings is 4. The second-order valence-electron chi connectivity index (χ2n) is 7.72. The molecule has 0 unspecified atom stereocenters. The molecule has 0 bridgehead atoms. The molecule has 0 spiro atoms. The second kappa shape index (κ2) is 10.6. The fourth-order valence-corrected chi connectivity index (χ4v) is 3.54. The molecule has 0 aromatic heterocycles. The van der Waals surface area contributed by atoms with Crippen LogP contribution in [-0.4, -0.2) is 26.2 Å². The van der Waals surface area contributed by atoms with E-state index in [1.807, 2.05) is 97.9 Å². The zero-order valence-corrected chi connectivity index (χ0v) is 18.8. The van der Waals surface area contributed by atoms with E-state index in [4.69, 9.17) is 14.2 Å². The molecule has 0 aliphatic rings. The number of rotatable bonds is 9. The molecule has 33 heavy (non-hydrogen) atoms. The van der Waals surface area contributed by atoms with Crippen LogP contribution >= 0.6 is 0 Å². The van der Waals surface area contributed by atoms with Gasteiger partial charge in [-0.2, -0.15) is 0 Å². The van der Waals surface area contributed by atoms with Crippen molar-refractivity contribution in [3.63, 3.8) is 0 Å². The van der Waals surface area contributed by atoms with E-state index in [0.29, 0.717) is 24.7 Å². The minimum atomic E-state index is -0.305. The third kappa shape index (κ3) is 5.83. The van der Waals surface area contributed by atoms with E-state index in [0.717, 1.165) is 27.8 Å². The van der Waals surface area contributed by atoms with E-state index in [-0.39, 0.29) is 11.8 Å². The molecule has 1 N–H and O–H groups in total. The van der Waals surface area contributed by atoms with Crippen LogP contribution in [0.3, 0.4) is 0 Å². The lowest BCUT2D eigenvalue weighted by atomic mass is 9.97. The molecule has 0 radical (unpaired) electrons. The third-order valence-corrected chi connectivity index (χ3v) is 5.43. The standard InChI is InChI=1S/C28H27NO4/c1-20(21-11-12-23-18-26(31-2)14-13-22(23)17-21)28(30)29-24-7-6-10-27(19-24)33-16-15-32-25-8-4-3-5-9-25/h3-14,17-20H,15-16H2,1-2H3,(H,29,30)/t20-/m0/s1. The highest BCUT2D eigenvalue weighted by atomic mass is 16.5. The Labute approximate surface area is 193 Å². The lowest BCUT2D eigenvalue weighted by Gasteiger charge is -2.15. The Bertz CT molecular complexity index is 1220. The van der Waals surface area contributed by atoms with Gasteiger partial charge in [-0.1, -0.05) is 48.5 Å². The number of hydrogen-bond acceptors (Lipinski definition) is 4. The summed E-state index contributed by atoms with van der Waals surface area (Å²) in [4.78, 5) is 12.9. The largest absolute Gasteiger partial charge is 0.497 e. The van der Waals surface area contributed by atoms with E-state index < -0.39 is 0 Å². The van der Waals surface area contributed by atoms with Crippen LogP contribution < -0.4 is 19.5 Å². The number of ether oxygens (including phenoxy) is 3. The summed E-state index contributed by atoms with van der Waals surface area (Å²) in [5, 5.41) is 5.14. The van der Waals surface area contributed by atoms with Crippen molar-refractivity contribution in [2.75, 3.05) is 25.6 Å². The van der Waals surface area contributed by atoms with E-state index in [2.05, 4.69) is 5.32 Å². The van der Waals surface area contributed by atoms with Gasteiger partial charge in [0.1, 0.15) is 30.5 Å². The van der Waals surface area contributed by atoms with Gasteiger partial charge in [0.05, 0.1) is 13.0 Å². The first kappa shape index (κ1) is 22.2. The maximum Gasteiger partial charge on any atom is 0.231 e. The molecule has 0 saturated carbocycles. The molecule has 1 amide bonds. The fraction of sp³-hybridized carbons (Fsp3) is 0.179. The van der Waals surface area contributed by atoms with E-state index in [9.17, 15) is 4.79 Å². The van der Waals surface area contributed by atoms with Crippen LogP contribution in [0.1, 0.15) is 18.4 Å². The van der Waals surface area contributed by atoms with Gasteiger partial charge in [-0.25, -0.2) is 0 Å². The van der Waals surface area contributed by atoms with Gasteiger partial charge < -0.3 is 19.5 Å². The highest BCUT2D eigenvalue weighted by molar-refractivity contribution is 5.96. The first-order valence-electron chi connectivity index (χ1n) is 10.9. The van der Waals surface area contributed by atoms with Crippen molar-refractivity contribution in [1.82, 2.24) is 0 Å². The predicted octanol–water partition coefficient (Wildman–Crippen LogP) is 6.05. The first-order chi connectivity index (χ1) is 16.1. The molecule has 0 aliphatic carbocycles. The number of amides is 1. The van der Waals surface area contributed by atoms with E-state index in [1.54, 1.807) is 7.11 Å². The van der Waals surface area contributed by atoms with Crippen LogP contribution in [0.15, 0.2) is 91.0 Å². The SMILES string of the molecule is COc1ccc2cc([C@H](C)C(=O)Nc3cccc(OCCOc4ccccc4)c3)ccc2c1. The molecular formula is C28H27NO4. The zero-order valence-electron chi connectivity index (χ0n) is 18.8. The molecule has 0 aliphatic heterocycles. The average molecular weight is 442 g/mol. The van der Waals surface area contributed by atoms with Crippen LogP contribution in [0, 0.1) is 0 Å². The normalized spacial score (nSPS) is 11.6. The maximum atomic E-state index is 12.9. The van der Waals surface area contributed by atoms with Crippen LogP contribution in [0.25, 0.3) is 10.8 Å². The van der Waals surface area contributed by atoms with Gasteiger partial charge >= 0.3 is 0 Å². The van der Waals surface area contributed by atoms with Crippen molar-refractivity contribution < 1.29 is 19.0 Å². The summed E-state index contributed by atoms with van der Waals surface area (Å²) in [6.45, 7) is 2.75. The quantitative estimate of drug-likeness (QED) is 0.321. The van der Waals surface area contributed by atoms with Crippen LogP contribution in [0.2, 0.25) is 0 Å². The second-order valence-corrected chi connectivity index (χ2v) is 7.72. The summed E-state index contributed by atoms with van der Waals surface area (Å²) in [5.74, 6) is 1.92. The number of anilines is 1. The maximum absolute atomic E-state index is 12.9. The third-order valence-electron chi connectivity index (χ3n) is 5.43. The van der Waals surface area contributed by atoms with Crippen LogP contribution in [0.4, 0.5) is 5.69 Å². The highest BCUT2D eigenvalue weighted by Gasteiger charge is 2.16. The highest BCUT2D eigenvalue weighted by Crippen LogP contribution is 2.26. The molecule has 5 heteroatoms. The summed E-state index contributed by atoms with van der Waals surface area (Å²) < 4.78 is 16.7. The van der Waals surface area contributed by atoms with Gasteiger partial charge in [-0.15, -0.1) is 0 Å². The minimum absolute atomic E-state index is 0.0765. The molecule has 168 valence electrons. The molecule has 0 saturated heterocycles. The molecule has 4 rings (SSSR count). The summed E-state index contributed by atoms with van der Waals surface area (Å²) >= 11 is 0. The van der Waals surface area contributed by atoms with Crippen LogP contribution in [0.5, 0.6) is 17.2 Å². The summed E-state index contributed by atoms with van der Waals surface area (Å²) in [5.41, 5.74) is 1.65. The predicted molar refractivity (Wildman–Crippen MR) is 131 cm³/mol. The molecule has 4 aromatic carbocycles. The number of fused-ring (bicyclic) bond motifs is 1. The number of carbonyl (C=O) groups excluding carboxylic acids is 1. The van der Waals surface area contributed by atoms with Crippen LogP contribution in [-0.2, 0) is 4.79 Å². The number of hydrogen-bond donors (Lipinski definition) is 1. The van der Waals surface area contributed by atoms with E-state index in [1.165, 1.54) is 0 Å². The smallest absolute Gasteiger partial charge is 0.231 e. The Kier molecular flexibility index (Phi) is 7.10. The molecule has 1 atom stereocenters. The Morgan fingerprint density at radius 1 is 0.758 bits per heavy atom. The number of methoxy groups -OCH3 is 1. The monoisotopic (exact) mass is 441 g/mol. The lowest BCUT2D eigenvalue weighted by Crippen LogP contribution is -2.19. The Hall–Kier alpha value is -3.99. The van der Waals surface area contributed by atoms with Crippen molar-refractivity contribution in [2.24, 2.45) is 0 Å². The minimum Gasteiger partial charge on any atom is -0.497 e. The average Bonchev–Trinajstić information content (AvgIpc) is 2.86. The molecule has 5 nitrogen and oxygen atoms in total. The van der Waals surface area contributed by atoms with Crippen molar-refractivity contribution in [1.29, 1.82) is 0 Å². The molecule has 0 fully saturated rings. The van der Waals surface area contributed by atoms with Gasteiger partial charge in [0.25, 0.3) is 0 Å². The zero-order chi connectivity index (χ0) is 23.0. The fourth-order valence-electron chi connectivity index (χ4n) is 3.54. The van der Waals surface area contributed by atoms with Gasteiger partial charge in [0, 0.05) is 11.8 Å². The number of para-hydroxylation sites is 1. The Morgan fingerprint density at radius 2 is 1.45 bits per heavy atom. The summed E-state index contributed by atoms with van der Waals surface area (Å²) in [6, 6.07) is 29.0. The molecule has 0 heterocycles. The molecule has 4 aromatic rings. The van der Waals surface area contributed by atoms with E-state index >= 15 is 0 Å². The Morgan fingerprint density at radius 3 is 2.24 bits per heavy atom. The van der Waals surface area contributed by atoms with Gasteiger partial charge in [0.2, 0.25) is 5.91 Å². The topological polar surface area (TPSA) is 56.8 Å². The van der Waals surface area contributed by atoms with Crippen molar-refractivity contribution in [3.8, 4) is 17.2 Å². The van der Waals surface area contributed by atoms with Gasteiger partial charge in [-0.3, -0.25) is 4.79 Å². The molecular weight excluding hydrogens is 414 g/mol. The summed E-state index contributed by atoms with van der Waals surface area (Å²) in [6.07, 6.45) is 0.